The highest BCUT2D eigenvalue weighted by molar-refractivity contribution is 5.96. The zero-order valence-electron chi connectivity index (χ0n) is 16.6. The van der Waals surface area contributed by atoms with Crippen LogP contribution in [0.3, 0.4) is 0 Å². The number of carbonyl (C=O) groups is 1. The van der Waals surface area contributed by atoms with E-state index in [9.17, 15) is 9.59 Å². The summed E-state index contributed by atoms with van der Waals surface area (Å²) < 4.78 is 22.5. The molecule has 29 heavy (non-hydrogen) atoms. The molecular weight excluding hydrogens is 373 g/mol. The molecule has 3 aliphatic rings. The first-order chi connectivity index (χ1) is 14.0. The molecule has 0 unspecified atom stereocenters. The predicted octanol–water partition coefficient (Wildman–Crippen LogP) is 2.89. The number of hydrogen-bond acceptors (Lipinski definition) is 5. The average Bonchev–Trinajstić information content (AvgIpc) is 3.47. The van der Waals surface area contributed by atoms with Crippen molar-refractivity contribution in [3.05, 3.63) is 39.4 Å². The highest BCUT2D eigenvalue weighted by atomic mass is 19.1. The van der Waals surface area contributed by atoms with E-state index in [2.05, 4.69) is 4.90 Å². The Hall–Kier alpha value is -2.41. The number of ether oxygens (including phenoxy) is 1. The lowest BCUT2D eigenvalue weighted by molar-refractivity contribution is 0.0524. The van der Waals surface area contributed by atoms with Crippen molar-refractivity contribution < 1.29 is 13.9 Å². The zero-order chi connectivity index (χ0) is 20.3. The number of hydrogen-bond donors (Lipinski definition) is 1. The Morgan fingerprint density at radius 2 is 2.10 bits per heavy atom. The molecule has 1 aliphatic carbocycles. The second-order valence-electron chi connectivity index (χ2n) is 8.51. The van der Waals surface area contributed by atoms with Crippen molar-refractivity contribution in [2.75, 3.05) is 18.1 Å². The molecule has 2 aromatic rings. The summed E-state index contributed by atoms with van der Waals surface area (Å²) in [6, 6.07) is 1.85. The van der Waals surface area contributed by atoms with Crippen LogP contribution in [0.2, 0.25) is 0 Å². The molecule has 2 aliphatic heterocycles. The fraction of sp³-hybridized carbons (Fsp3) is 0.545. The van der Waals surface area contributed by atoms with Gasteiger partial charge in [-0.1, -0.05) is 0 Å². The van der Waals surface area contributed by atoms with E-state index in [0.717, 1.165) is 49.6 Å². The van der Waals surface area contributed by atoms with E-state index < -0.39 is 17.2 Å². The van der Waals surface area contributed by atoms with E-state index >= 15 is 4.39 Å². The molecule has 0 amide bonds. The number of aromatic nitrogens is 1. The fourth-order valence-corrected chi connectivity index (χ4v) is 5.11. The van der Waals surface area contributed by atoms with Gasteiger partial charge in [0.05, 0.1) is 17.8 Å². The molecule has 2 N–H and O–H groups in total. The quantitative estimate of drug-likeness (QED) is 0.803. The van der Waals surface area contributed by atoms with E-state index in [-0.39, 0.29) is 35.7 Å². The standard InChI is InChI=1S/C22H26FN3O3/c1-2-29-22(28)17-11-26(13-6-7-13)19-15-5-3-4-14-8-12(24)10-25(14)20(15)18(23)9-16(19)21(17)27/h9,11-14H,2-8,10,24H2,1H3/t12-,14-/m1/s1. The Balaban J connectivity index is 1.80. The third-order valence-corrected chi connectivity index (χ3v) is 6.47. The Labute approximate surface area is 168 Å². The minimum atomic E-state index is -0.644. The number of anilines is 1. The normalized spacial score (nSPS) is 23.6. The summed E-state index contributed by atoms with van der Waals surface area (Å²) >= 11 is 0. The molecule has 2 fully saturated rings. The summed E-state index contributed by atoms with van der Waals surface area (Å²) in [5, 5.41) is 0.278. The highest BCUT2D eigenvalue weighted by Crippen LogP contribution is 2.43. The molecule has 0 radical (unpaired) electrons. The van der Waals surface area contributed by atoms with Crippen LogP contribution in [0.1, 0.15) is 61.0 Å². The number of aryl methyl sites for hydroxylation is 1. The van der Waals surface area contributed by atoms with Crippen LogP contribution in [0.25, 0.3) is 10.9 Å². The van der Waals surface area contributed by atoms with Crippen LogP contribution in [0, 0.1) is 5.82 Å². The number of carbonyl (C=O) groups excluding carboxylic acids is 1. The summed E-state index contributed by atoms with van der Waals surface area (Å²) in [7, 11) is 0. The Morgan fingerprint density at radius 3 is 2.83 bits per heavy atom. The van der Waals surface area contributed by atoms with Crippen LogP contribution in [0.4, 0.5) is 10.1 Å². The number of fused-ring (bicyclic) bond motifs is 5. The highest BCUT2D eigenvalue weighted by Gasteiger charge is 2.37. The number of rotatable bonds is 3. The van der Waals surface area contributed by atoms with Crippen LogP contribution < -0.4 is 16.1 Å². The predicted molar refractivity (Wildman–Crippen MR) is 109 cm³/mol. The minimum absolute atomic E-state index is 0.0136. The number of nitrogens with zero attached hydrogens (tertiary/aromatic N) is 2. The SMILES string of the molecule is CCOC(=O)c1cn(C2CC2)c2c3c(c(F)cc2c1=O)N1C[C@H](N)C[C@H]1CCC3. The van der Waals surface area contributed by atoms with Crippen molar-refractivity contribution in [2.24, 2.45) is 5.73 Å². The first-order valence-corrected chi connectivity index (χ1v) is 10.6. The minimum Gasteiger partial charge on any atom is -0.462 e. The van der Waals surface area contributed by atoms with Crippen LogP contribution >= 0.6 is 0 Å². The number of pyridine rings is 1. The molecule has 2 atom stereocenters. The number of halogens is 1. The molecule has 0 spiro atoms. The Kier molecular flexibility index (Phi) is 4.38. The van der Waals surface area contributed by atoms with Crippen LogP contribution in [0.5, 0.6) is 0 Å². The first kappa shape index (κ1) is 18.6. The third kappa shape index (κ3) is 2.94. The van der Waals surface area contributed by atoms with Crippen LogP contribution in [-0.2, 0) is 11.2 Å². The molecule has 1 aromatic heterocycles. The van der Waals surface area contributed by atoms with E-state index in [0.29, 0.717) is 12.2 Å². The van der Waals surface area contributed by atoms with Crippen molar-refractivity contribution in [3.63, 3.8) is 0 Å². The van der Waals surface area contributed by atoms with Gasteiger partial charge in [-0.15, -0.1) is 0 Å². The molecule has 5 rings (SSSR count). The van der Waals surface area contributed by atoms with Gasteiger partial charge in [0, 0.05) is 41.8 Å². The average molecular weight is 399 g/mol. The summed E-state index contributed by atoms with van der Waals surface area (Å²) in [6.45, 7) is 2.53. The van der Waals surface area contributed by atoms with Gasteiger partial charge < -0.3 is 19.9 Å². The summed E-state index contributed by atoms with van der Waals surface area (Å²) in [5.74, 6) is -1.04. The Morgan fingerprint density at radius 1 is 1.31 bits per heavy atom. The smallest absolute Gasteiger partial charge is 0.343 e. The van der Waals surface area contributed by atoms with Gasteiger partial charge in [0.1, 0.15) is 11.4 Å². The number of esters is 1. The van der Waals surface area contributed by atoms with Gasteiger partial charge in [0.15, 0.2) is 0 Å². The number of nitrogens with two attached hydrogens (primary N) is 1. The van der Waals surface area contributed by atoms with Gasteiger partial charge in [-0.3, -0.25) is 4.79 Å². The van der Waals surface area contributed by atoms with Crippen molar-refractivity contribution in [3.8, 4) is 0 Å². The van der Waals surface area contributed by atoms with Gasteiger partial charge in [-0.25, -0.2) is 9.18 Å². The maximum atomic E-state index is 15.4. The van der Waals surface area contributed by atoms with E-state index in [1.807, 2.05) is 4.57 Å². The molecule has 1 aromatic carbocycles. The van der Waals surface area contributed by atoms with E-state index in [1.54, 1.807) is 13.1 Å². The van der Waals surface area contributed by atoms with Gasteiger partial charge in [-0.05, 0) is 51.5 Å². The topological polar surface area (TPSA) is 77.6 Å². The maximum absolute atomic E-state index is 15.4. The molecule has 7 heteroatoms. The lowest BCUT2D eigenvalue weighted by Crippen LogP contribution is -2.31. The van der Waals surface area contributed by atoms with Crippen molar-refractivity contribution in [1.29, 1.82) is 0 Å². The Bertz CT molecular complexity index is 1060. The molecular formula is C22H26FN3O3. The van der Waals surface area contributed by atoms with Gasteiger partial charge in [0.25, 0.3) is 0 Å². The van der Waals surface area contributed by atoms with Gasteiger partial charge >= 0.3 is 5.97 Å². The second-order valence-corrected chi connectivity index (χ2v) is 8.51. The summed E-state index contributed by atoms with van der Waals surface area (Å²) in [6.07, 6.45) is 7.10. The molecule has 3 heterocycles. The molecule has 0 bridgehead atoms. The first-order valence-electron chi connectivity index (χ1n) is 10.6. The molecule has 1 saturated carbocycles. The maximum Gasteiger partial charge on any atom is 0.343 e. The summed E-state index contributed by atoms with van der Waals surface area (Å²) in [4.78, 5) is 27.6. The van der Waals surface area contributed by atoms with E-state index in [1.165, 1.54) is 6.07 Å². The zero-order valence-corrected chi connectivity index (χ0v) is 16.6. The number of benzene rings is 1. The fourth-order valence-electron chi connectivity index (χ4n) is 5.11. The van der Waals surface area contributed by atoms with Crippen molar-refractivity contribution in [2.45, 2.75) is 63.6 Å². The largest absolute Gasteiger partial charge is 0.462 e. The van der Waals surface area contributed by atoms with Crippen molar-refractivity contribution in [1.82, 2.24) is 4.57 Å². The molecule has 6 nitrogen and oxygen atoms in total. The second kappa shape index (κ2) is 6.83. The van der Waals surface area contributed by atoms with Crippen LogP contribution in [0.15, 0.2) is 17.1 Å². The van der Waals surface area contributed by atoms with Gasteiger partial charge in [-0.2, -0.15) is 0 Å². The van der Waals surface area contributed by atoms with Gasteiger partial charge in [0.2, 0.25) is 5.43 Å². The monoisotopic (exact) mass is 399 g/mol. The summed E-state index contributed by atoms with van der Waals surface area (Å²) in [5.41, 5.74) is 7.99. The van der Waals surface area contributed by atoms with E-state index in [4.69, 9.17) is 10.5 Å². The van der Waals surface area contributed by atoms with Crippen LogP contribution in [-0.4, -0.2) is 35.8 Å². The third-order valence-electron chi connectivity index (χ3n) is 6.47. The van der Waals surface area contributed by atoms with Crippen molar-refractivity contribution >= 4 is 22.6 Å². The lowest BCUT2D eigenvalue weighted by Gasteiger charge is -2.27. The molecule has 1 saturated heterocycles. The molecule has 154 valence electrons. The lowest BCUT2D eigenvalue weighted by atomic mass is 9.99.